The molecule has 0 aromatic rings. The third kappa shape index (κ3) is 3.58. The molecule has 23 heavy (non-hydrogen) atoms. The van der Waals surface area contributed by atoms with Gasteiger partial charge in [-0.05, 0) is 31.0 Å². The summed E-state index contributed by atoms with van der Waals surface area (Å²) in [5.74, 6) is 2.88. The normalized spacial score (nSPS) is 33.5. The highest BCUT2D eigenvalue weighted by molar-refractivity contribution is 6.74. The van der Waals surface area contributed by atoms with Gasteiger partial charge < -0.3 is 14.3 Å². The monoisotopic (exact) mass is 338 g/mol. The van der Waals surface area contributed by atoms with E-state index in [1.165, 1.54) is 6.08 Å². The number of aliphatic hydroxyl groups is 1. The van der Waals surface area contributed by atoms with Gasteiger partial charge in [-0.15, -0.1) is 13.0 Å². The summed E-state index contributed by atoms with van der Waals surface area (Å²) < 4.78 is 12.9. The van der Waals surface area contributed by atoms with Crippen LogP contribution >= 0.6 is 0 Å². The molecule has 1 aliphatic rings. The Bertz CT molecular complexity index is 486. The zero-order chi connectivity index (χ0) is 18.3. The Morgan fingerprint density at radius 2 is 1.96 bits per heavy atom. The van der Waals surface area contributed by atoms with Gasteiger partial charge in [0.05, 0.1) is 6.10 Å². The van der Waals surface area contributed by atoms with Crippen molar-refractivity contribution in [1.29, 1.82) is 0 Å². The molecule has 0 aliphatic carbocycles. The van der Waals surface area contributed by atoms with Crippen molar-refractivity contribution in [1.82, 2.24) is 0 Å². The minimum Gasteiger partial charge on any atom is -0.410 e. The maximum atomic E-state index is 10.5. The lowest BCUT2D eigenvalue weighted by Crippen LogP contribution is -2.49. The smallest absolute Gasteiger partial charge is 0.192 e. The highest BCUT2D eigenvalue weighted by atomic mass is 28.4. The van der Waals surface area contributed by atoms with Crippen molar-refractivity contribution in [3.8, 4) is 12.3 Å². The van der Waals surface area contributed by atoms with Crippen molar-refractivity contribution in [2.75, 3.05) is 0 Å². The first-order chi connectivity index (χ1) is 10.3. The lowest BCUT2D eigenvalue weighted by atomic mass is 9.81. The number of ether oxygens (including phenoxy) is 1. The predicted molar refractivity (Wildman–Crippen MR) is 98.8 cm³/mol. The van der Waals surface area contributed by atoms with E-state index in [1.807, 2.05) is 20.8 Å². The molecular weight excluding hydrogens is 304 g/mol. The Labute approximate surface area is 143 Å². The van der Waals surface area contributed by atoms with Crippen LogP contribution in [0.1, 0.15) is 48.0 Å². The fourth-order valence-electron chi connectivity index (χ4n) is 2.87. The fourth-order valence-corrected chi connectivity index (χ4v) is 4.24. The van der Waals surface area contributed by atoms with E-state index in [0.29, 0.717) is 6.42 Å². The topological polar surface area (TPSA) is 38.7 Å². The molecule has 1 unspecified atom stereocenters. The van der Waals surface area contributed by atoms with E-state index >= 15 is 0 Å². The molecule has 4 heteroatoms. The summed E-state index contributed by atoms with van der Waals surface area (Å²) in [7, 11) is -2.00. The van der Waals surface area contributed by atoms with E-state index in [9.17, 15) is 5.11 Å². The van der Waals surface area contributed by atoms with Gasteiger partial charge >= 0.3 is 0 Å². The average Bonchev–Trinajstić information content (AvgIpc) is 2.71. The number of rotatable bonds is 5. The highest BCUT2D eigenvalue weighted by Crippen LogP contribution is 2.48. The van der Waals surface area contributed by atoms with Crippen LogP contribution in [0.4, 0.5) is 0 Å². The van der Waals surface area contributed by atoms with Crippen LogP contribution in [0.25, 0.3) is 0 Å². The van der Waals surface area contributed by atoms with Crippen molar-refractivity contribution in [2.45, 2.75) is 89.5 Å². The highest BCUT2D eigenvalue weighted by Gasteiger charge is 2.59. The van der Waals surface area contributed by atoms with Crippen LogP contribution in [0.5, 0.6) is 0 Å². The zero-order valence-electron chi connectivity index (χ0n) is 16.1. The Kier molecular flexibility index (Phi) is 5.66. The van der Waals surface area contributed by atoms with Crippen molar-refractivity contribution in [2.24, 2.45) is 5.92 Å². The van der Waals surface area contributed by atoms with Crippen LogP contribution in [0, 0.1) is 18.3 Å². The summed E-state index contributed by atoms with van der Waals surface area (Å²) in [5.41, 5.74) is -1.60. The SMILES string of the molecule is C#C[C@]1(C)O[C@](C(C)C)(C(O)C=C)C[C@H]1O[Si](C)(C)C(C)(C)C. The first kappa shape index (κ1) is 20.4. The van der Waals surface area contributed by atoms with Crippen LogP contribution < -0.4 is 0 Å². The van der Waals surface area contributed by atoms with E-state index in [4.69, 9.17) is 15.6 Å². The molecule has 0 spiro atoms. The first-order valence-electron chi connectivity index (χ1n) is 8.42. The number of terminal acetylenes is 1. The molecule has 0 aromatic heterocycles. The Balaban J connectivity index is 3.24. The molecule has 1 rings (SSSR count). The third-order valence-electron chi connectivity index (χ3n) is 5.75. The second kappa shape index (κ2) is 6.37. The lowest BCUT2D eigenvalue weighted by Gasteiger charge is -2.40. The lowest BCUT2D eigenvalue weighted by molar-refractivity contribution is -0.146. The van der Waals surface area contributed by atoms with Crippen molar-refractivity contribution in [3.05, 3.63) is 12.7 Å². The quantitative estimate of drug-likeness (QED) is 0.465. The molecule has 1 fully saturated rings. The minimum atomic E-state index is -2.00. The number of aliphatic hydroxyl groups excluding tert-OH is 1. The van der Waals surface area contributed by atoms with Crippen LogP contribution in [0.15, 0.2) is 12.7 Å². The molecule has 1 saturated heterocycles. The van der Waals surface area contributed by atoms with Crippen LogP contribution in [0.3, 0.4) is 0 Å². The molecule has 0 saturated carbocycles. The summed E-state index contributed by atoms with van der Waals surface area (Å²) >= 11 is 0. The van der Waals surface area contributed by atoms with Gasteiger partial charge in [-0.1, -0.05) is 46.6 Å². The maximum Gasteiger partial charge on any atom is 0.192 e. The van der Waals surface area contributed by atoms with Gasteiger partial charge in [-0.25, -0.2) is 0 Å². The molecule has 0 amide bonds. The van der Waals surface area contributed by atoms with Gasteiger partial charge in [0.1, 0.15) is 11.7 Å². The zero-order valence-corrected chi connectivity index (χ0v) is 17.1. The number of hydrogen-bond donors (Lipinski definition) is 1. The second-order valence-electron chi connectivity index (χ2n) is 8.71. The van der Waals surface area contributed by atoms with Gasteiger partial charge in [-0.3, -0.25) is 0 Å². The van der Waals surface area contributed by atoms with E-state index in [2.05, 4.69) is 46.4 Å². The molecule has 3 nitrogen and oxygen atoms in total. The molecule has 0 aromatic carbocycles. The fraction of sp³-hybridized carbons (Fsp3) is 0.789. The molecule has 0 radical (unpaired) electrons. The van der Waals surface area contributed by atoms with Gasteiger partial charge in [0.15, 0.2) is 13.9 Å². The van der Waals surface area contributed by atoms with E-state index in [1.54, 1.807) is 0 Å². The predicted octanol–water partition coefficient (Wildman–Crippen LogP) is 4.13. The van der Waals surface area contributed by atoms with Gasteiger partial charge in [-0.2, -0.15) is 0 Å². The molecule has 1 heterocycles. The third-order valence-corrected chi connectivity index (χ3v) is 10.2. The summed E-state index contributed by atoms with van der Waals surface area (Å²) in [4.78, 5) is 0. The standard InChI is InChI=1S/C19H34O3Si/c1-11-15(20)19(14(3)4)13-16(18(8,12-2)22-19)21-23(9,10)17(5,6)7/h2,11,14-16,20H,1,13H2,3-10H3/t15?,16-,18+,19-/m1/s1. The van der Waals surface area contributed by atoms with Gasteiger partial charge in [0.25, 0.3) is 0 Å². The van der Waals surface area contributed by atoms with E-state index in [-0.39, 0.29) is 17.1 Å². The minimum absolute atomic E-state index is 0.0860. The summed E-state index contributed by atoms with van der Waals surface area (Å²) in [5, 5.41) is 10.6. The molecule has 1 N–H and O–H groups in total. The average molecular weight is 339 g/mol. The molecular formula is C19H34O3Si. The summed E-state index contributed by atoms with van der Waals surface area (Å²) in [6.45, 7) is 20.7. The Morgan fingerprint density at radius 1 is 1.43 bits per heavy atom. The van der Waals surface area contributed by atoms with Gasteiger partial charge in [0.2, 0.25) is 0 Å². The van der Waals surface area contributed by atoms with Gasteiger partial charge in [0, 0.05) is 6.42 Å². The van der Waals surface area contributed by atoms with Crippen LogP contribution in [-0.2, 0) is 9.16 Å². The van der Waals surface area contributed by atoms with Crippen LogP contribution in [-0.4, -0.2) is 36.8 Å². The molecule has 4 atom stereocenters. The van der Waals surface area contributed by atoms with Crippen LogP contribution in [0.2, 0.25) is 18.1 Å². The molecule has 1 aliphatic heterocycles. The second-order valence-corrected chi connectivity index (χ2v) is 13.5. The first-order valence-corrected chi connectivity index (χ1v) is 11.3. The maximum absolute atomic E-state index is 10.5. The number of hydrogen-bond acceptors (Lipinski definition) is 3. The molecule has 0 bridgehead atoms. The van der Waals surface area contributed by atoms with Crippen molar-refractivity contribution >= 4 is 8.32 Å². The van der Waals surface area contributed by atoms with Crippen molar-refractivity contribution in [3.63, 3.8) is 0 Å². The molecule has 132 valence electrons. The van der Waals surface area contributed by atoms with E-state index in [0.717, 1.165) is 0 Å². The van der Waals surface area contributed by atoms with Crippen molar-refractivity contribution < 1.29 is 14.3 Å². The summed E-state index contributed by atoms with van der Waals surface area (Å²) in [6, 6.07) is 0. The Hall–Kier alpha value is -0.603. The summed E-state index contributed by atoms with van der Waals surface area (Å²) in [6.07, 6.45) is 6.90. The Morgan fingerprint density at radius 3 is 2.30 bits per heavy atom. The van der Waals surface area contributed by atoms with E-state index < -0.39 is 25.6 Å². The largest absolute Gasteiger partial charge is 0.410 e.